The molecule has 2 rings (SSSR count). The highest BCUT2D eigenvalue weighted by atomic mass is 32.1. The summed E-state index contributed by atoms with van der Waals surface area (Å²) in [5.74, 6) is -0.680. The van der Waals surface area contributed by atoms with Crippen LogP contribution in [0.15, 0.2) is 18.3 Å². The molecule has 1 heterocycles. The van der Waals surface area contributed by atoms with Gasteiger partial charge in [-0.2, -0.15) is 0 Å². The first-order valence-corrected chi connectivity index (χ1v) is 8.08. The van der Waals surface area contributed by atoms with Crippen LogP contribution in [0.1, 0.15) is 10.4 Å². The van der Waals surface area contributed by atoms with Gasteiger partial charge < -0.3 is 18.9 Å². The number of nitrogens with one attached hydrogen (secondary N) is 1. The van der Waals surface area contributed by atoms with E-state index in [-0.39, 0.29) is 27.2 Å². The summed E-state index contributed by atoms with van der Waals surface area (Å²) >= 11 is 0.684. The molecule has 0 bridgehead atoms. The van der Waals surface area contributed by atoms with Gasteiger partial charge in [0, 0.05) is 0 Å². The van der Waals surface area contributed by atoms with E-state index < -0.39 is 23.4 Å². The minimum absolute atomic E-state index is 0.0236. The molecule has 0 unspecified atom stereocenters. The van der Waals surface area contributed by atoms with Gasteiger partial charge in [-0.25, -0.2) is 9.78 Å². The van der Waals surface area contributed by atoms with E-state index in [4.69, 9.17) is 18.9 Å². The number of esters is 1. The number of hydrogen-bond acceptors (Lipinski definition) is 10. The van der Waals surface area contributed by atoms with E-state index >= 15 is 0 Å². The van der Waals surface area contributed by atoms with Crippen LogP contribution in [0.4, 0.5) is 10.1 Å². The summed E-state index contributed by atoms with van der Waals surface area (Å²) < 4.78 is 20.4. The van der Waals surface area contributed by atoms with Crippen LogP contribution < -0.4 is 19.5 Å². The summed E-state index contributed by atoms with van der Waals surface area (Å²) in [5, 5.41) is 12.7. The molecule has 27 heavy (non-hydrogen) atoms. The van der Waals surface area contributed by atoms with Crippen molar-refractivity contribution in [1.29, 1.82) is 0 Å². The Morgan fingerprint density at radius 1 is 1.19 bits per heavy atom. The predicted molar refractivity (Wildman–Crippen MR) is 93.8 cm³/mol. The monoisotopic (exact) mass is 397 g/mol. The fourth-order valence-corrected chi connectivity index (χ4v) is 2.62. The normalized spacial score (nSPS) is 10.0. The van der Waals surface area contributed by atoms with Crippen molar-refractivity contribution in [1.82, 2.24) is 4.98 Å². The molecule has 0 atom stereocenters. The number of methoxy groups -OCH3 is 3. The third kappa shape index (κ3) is 4.82. The van der Waals surface area contributed by atoms with Gasteiger partial charge in [-0.3, -0.25) is 20.2 Å². The zero-order chi connectivity index (χ0) is 20.0. The van der Waals surface area contributed by atoms with Crippen LogP contribution in [0.3, 0.4) is 0 Å². The number of nitro groups is 1. The second kappa shape index (κ2) is 8.80. The van der Waals surface area contributed by atoms with E-state index in [0.717, 1.165) is 6.20 Å². The lowest BCUT2D eigenvalue weighted by Crippen LogP contribution is -2.20. The van der Waals surface area contributed by atoms with Gasteiger partial charge >= 0.3 is 11.0 Å². The highest BCUT2D eigenvalue weighted by molar-refractivity contribution is 7.18. The third-order valence-electron chi connectivity index (χ3n) is 3.15. The smallest absolute Gasteiger partial charge is 0.345 e. The van der Waals surface area contributed by atoms with Gasteiger partial charge in [0.05, 0.1) is 31.8 Å². The van der Waals surface area contributed by atoms with Gasteiger partial charge in [0.2, 0.25) is 5.75 Å². The standard InChI is InChI=1S/C15H15N3O8S/c1-23-9-4-8(5-10(24-2)13(9)25-3)14(20)26-7-11(19)17-15-16-6-12(27-15)18(21)22/h4-6H,7H2,1-3H3,(H,16,17,19). The van der Waals surface area contributed by atoms with Gasteiger partial charge in [-0.05, 0) is 23.5 Å². The van der Waals surface area contributed by atoms with Crippen molar-refractivity contribution in [3.63, 3.8) is 0 Å². The first-order chi connectivity index (χ1) is 12.9. The zero-order valence-electron chi connectivity index (χ0n) is 14.5. The molecule has 2 aromatic rings. The van der Waals surface area contributed by atoms with Crippen molar-refractivity contribution in [3.05, 3.63) is 34.0 Å². The summed E-state index contributed by atoms with van der Waals surface area (Å²) in [6, 6.07) is 2.76. The topological polar surface area (TPSA) is 139 Å². The van der Waals surface area contributed by atoms with E-state index in [1.54, 1.807) is 0 Å². The fourth-order valence-electron chi connectivity index (χ4n) is 1.98. The molecule has 12 heteroatoms. The van der Waals surface area contributed by atoms with E-state index in [2.05, 4.69) is 10.3 Å². The average molecular weight is 397 g/mol. The average Bonchev–Trinajstić information content (AvgIpc) is 3.13. The molecular weight excluding hydrogens is 382 g/mol. The van der Waals surface area contributed by atoms with Gasteiger partial charge in [-0.1, -0.05) is 0 Å². The molecule has 0 saturated heterocycles. The number of carbonyl (C=O) groups excluding carboxylic acids is 2. The van der Waals surface area contributed by atoms with Gasteiger partial charge in [0.1, 0.15) is 6.20 Å². The number of hydrogen-bond donors (Lipinski definition) is 1. The molecule has 1 aromatic carbocycles. The quantitative estimate of drug-likeness (QED) is 0.401. The number of nitrogens with zero attached hydrogens (tertiary/aromatic N) is 2. The first kappa shape index (κ1) is 19.9. The Labute approximate surface area is 157 Å². The maximum atomic E-state index is 12.2. The predicted octanol–water partition coefficient (Wildman–Crippen LogP) is 1.87. The summed E-state index contributed by atoms with van der Waals surface area (Å²) in [5.41, 5.74) is 0.0854. The van der Waals surface area contributed by atoms with Crippen molar-refractivity contribution < 1.29 is 33.5 Å². The molecule has 0 saturated carbocycles. The van der Waals surface area contributed by atoms with Gasteiger partial charge in [0.25, 0.3) is 5.91 Å². The molecule has 0 aliphatic rings. The van der Waals surface area contributed by atoms with Crippen molar-refractivity contribution in [2.45, 2.75) is 0 Å². The molecule has 0 spiro atoms. The van der Waals surface area contributed by atoms with Crippen LogP contribution in [0.25, 0.3) is 0 Å². The van der Waals surface area contributed by atoms with E-state index in [0.29, 0.717) is 17.1 Å². The zero-order valence-corrected chi connectivity index (χ0v) is 15.3. The number of amides is 1. The van der Waals surface area contributed by atoms with Crippen LogP contribution >= 0.6 is 11.3 Å². The van der Waals surface area contributed by atoms with Gasteiger partial charge in [-0.15, -0.1) is 0 Å². The lowest BCUT2D eigenvalue weighted by molar-refractivity contribution is -0.380. The molecule has 1 amide bonds. The number of ether oxygens (including phenoxy) is 4. The first-order valence-electron chi connectivity index (χ1n) is 7.26. The molecule has 144 valence electrons. The molecule has 1 aromatic heterocycles. The Hall–Kier alpha value is -3.41. The van der Waals surface area contributed by atoms with E-state index in [1.807, 2.05) is 0 Å². The molecule has 0 radical (unpaired) electrons. The van der Waals surface area contributed by atoms with Crippen molar-refractivity contribution in [3.8, 4) is 17.2 Å². The minimum atomic E-state index is -0.797. The van der Waals surface area contributed by atoms with E-state index in [1.165, 1.54) is 33.5 Å². The maximum absolute atomic E-state index is 12.2. The van der Waals surface area contributed by atoms with Crippen molar-refractivity contribution in [2.24, 2.45) is 0 Å². The number of thiazole rings is 1. The number of rotatable bonds is 8. The van der Waals surface area contributed by atoms with E-state index in [9.17, 15) is 19.7 Å². The van der Waals surface area contributed by atoms with Crippen LogP contribution in [-0.2, 0) is 9.53 Å². The summed E-state index contributed by atoms with van der Waals surface area (Å²) in [6.07, 6.45) is 1.02. The molecular formula is C15H15N3O8S. The Bertz CT molecular complexity index is 841. The van der Waals surface area contributed by atoms with Crippen molar-refractivity contribution in [2.75, 3.05) is 33.3 Å². The summed E-state index contributed by atoms with van der Waals surface area (Å²) in [7, 11) is 4.21. The van der Waals surface area contributed by atoms with Crippen LogP contribution in [0, 0.1) is 10.1 Å². The second-order valence-electron chi connectivity index (χ2n) is 4.80. The number of aromatic nitrogens is 1. The van der Waals surface area contributed by atoms with Crippen molar-refractivity contribution >= 4 is 33.3 Å². The second-order valence-corrected chi connectivity index (χ2v) is 5.81. The Kier molecular flexibility index (Phi) is 6.49. The fraction of sp³-hybridized carbons (Fsp3) is 0.267. The Balaban J connectivity index is 2.02. The maximum Gasteiger partial charge on any atom is 0.345 e. The molecule has 0 fully saturated rings. The van der Waals surface area contributed by atoms with Crippen LogP contribution in [-0.4, -0.2) is 49.7 Å². The molecule has 0 aliphatic carbocycles. The Morgan fingerprint density at radius 2 is 1.81 bits per heavy atom. The van der Waals surface area contributed by atoms with Gasteiger partial charge in [0.15, 0.2) is 23.2 Å². The number of anilines is 1. The minimum Gasteiger partial charge on any atom is -0.493 e. The SMILES string of the molecule is COc1cc(C(=O)OCC(=O)Nc2ncc([N+](=O)[O-])s2)cc(OC)c1OC. The number of carbonyl (C=O) groups is 2. The molecule has 0 aliphatic heterocycles. The highest BCUT2D eigenvalue weighted by Crippen LogP contribution is 2.38. The molecule has 11 nitrogen and oxygen atoms in total. The summed E-state index contributed by atoms with van der Waals surface area (Å²) in [4.78, 5) is 37.6. The Morgan fingerprint density at radius 3 is 2.30 bits per heavy atom. The molecule has 1 N–H and O–H groups in total. The van der Waals surface area contributed by atoms with Crippen LogP contribution in [0.5, 0.6) is 17.2 Å². The largest absolute Gasteiger partial charge is 0.493 e. The van der Waals surface area contributed by atoms with Crippen LogP contribution in [0.2, 0.25) is 0 Å². The summed E-state index contributed by atoms with van der Waals surface area (Å²) in [6.45, 7) is -0.608. The third-order valence-corrected chi connectivity index (χ3v) is 4.02. The lowest BCUT2D eigenvalue weighted by Gasteiger charge is -2.13. The highest BCUT2D eigenvalue weighted by Gasteiger charge is 2.19. The number of benzene rings is 1. The lowest BCUT2D eigenvalue weighted by atomic mass is 10.2.